The van der Waals surface area contributed by atoms with Gasteiger partial charge in [0.15, 0.2) is 15.6 Å². The van der Waals surface area contributed by atoms with Crippen LogP contribution < -0.4 is 0 Å². The Labute approximate surface area is 209 Å². The van der Waals surface area contributed by atoms with E-state index in [0.717, 1.165) is 12.1 Å². The highest BCUT2D eigenvalue weighted by Crippen LogP contribution is 2.43. The van der Waals surface area contributed by atoms with E-state index in [2.05, 4.69) is 0 Å². The molecule has 1 aliphatic heterocycles. The lowest BCUT2D eigenvalue weighted by atomic mass is 9.94. The second kappa shape index (κ2) is 11.2. The van der Waals surface area contributed by atoms with Crippen LogP contribution in [-0.4, -0.2) is 66.7 Å². The molecule has 1 aliphatic carbocycles. The van der Waals surface area contributed by atoms with Gasteiger partial charge in [0, 0.05) is 11.4 Å². The van der Waals surface area contributed by atoms with Crippen LogP contribution in [0.15, 0.2) is 29.8 Å². The largest absolute Gasteiger partial charge is 0.463 e. The summed E-state index contributed by atoms with van der Waals surface area (Å²) in [5, 5.41) is 19.7. The summed E-state index contributed by atoms with van der Waals surface area (Å²) < 4.78 is 57.5. The van der Waals surface area contributed by atoms with Crippen molar-refractivity contribution in [2.24, 2.45) is 0 Å². The van der Waals surface area contributed by atoms with Crippen molar-refractivity contribution in [1.82, 2.24) is 0 Å². The molecule has 1 aromatic rings. The SMILES string of the molecule is CCOC(=O)C1=CC2(CCC1S(=O)(=O)Cc1ccc(F)cc1Cl)O[C@H]([C@H](O)CC)[C@@H]([C@H](O)CC)O2. The van der Waals surface area contributed by atoms with Gasteiger partial charge in [-0.05, 0) is 50.0 Å². The molecule has 1 fully saturated rings. The van der Waals surface area contributed by atoms with Crippen LogP contribution in [0.4, 0.5) is 4.39 Å². The lowest BCUT2D eigenvalue weighted by Gasteiger charge is -2.34. The van der Waals surface area contributed by atoms with E-state index in [1.54, 1.807) is 20.8 Å². The Bertz CT molecular complexity index is 1040. The average Bonchev–Trinajstić information content (AvgIpc) is 3.18. The highest BCUT2D eigenvalue weighted by molar-refractivity contribution is 7.91. The molecule has 2 aliphatic rings. The predicted molar refractivity (Wildman–Crippen MR) is 127 cm³/mol. The third kappa shape index (κ3) is 6.06. The Balaban J connectivity index is 1.98. The van der Waals surface area contributed by atoms with Crippen LogP contribution in [0, 0.1) is 5.82 Å². The van der Waals surface area contributed by atoms with Gasteiger partial charge in [-0.3, -0.25) is 0 Å². The second-order valence-corrected chi connectivity index (χ2v) is 11.4. The van der Waals surface area contributed by atoms with Crippen LogP contribution in [0.3, 0.4) is 0 Å². The summed E-state index contributed by atoms with van der Waals surface area (Å²) >= 11 is 6.04. The van der Waals surface area contributed by atoms with Crippen molar-refractivity contribution in [3.8, 4) is 0 Å². The lowest BCUT2D eigenvalue weighted by Crippen LogP contribution is -2.42. The van der Waals surface area contributed by atoms with Crippen LogP contribution in [0.25, 0.3) is 0 Å². The number of ether oxygens (including phenoxy) is 3. The van der Waals surface area contributed by atoms with Gasteiger partial charge in [0.1, 0.15) is 18.0 Å². The summed E-state index contributed by atoms with van der Waals surface area (Å²) in [6.07, 6.45) is -1.54. The minimum Gasteiger partial charge on any atom is -0.463 e. The molecule has 0 saturated carbocycles. The predicted octanol–water partition coefficient (Wildman–Crippen LogP) is 3.07. The highest BCUT2D eigenvalue weighted by atomic mass is 35.5. The Morgan fingerprint density at radius 3 is 2.31 bits per heavy atom. The minimum absolute atomic E-state index is 0.0236. The zero-order valence-electron chi connectivity index (χ0n) is 19.9. The Kier molecular flexibility index (Phi) is 8.99. The number of hydrogen-bond donors (Lipinski definition) is 2. The fourth-order valence-electron chi connectivity index (χ4n) is 4.49. The highest BCUT2D eigenvalue weighted by Gasteiger charge is 2.54. The molecule has 2 N–H and O–H groups in total. The molecule has 196 valence electrons. The third-order valence-electron chi connectivity index (χ3n) is 6.38. The van der Waals surface area contributed by atoms with E-state index in [1.165, 1.54) is 12.1 Å². The number of hydrogen-bond acceptors (Lipinski definition) is 8. The molecule has 1 spiro atoms. The molecule has 0 radical (unpaired) electrons. The molecular formula is C24H32ClFO8S. The number of carbonyl (C=O) groups is 1. The normalized spacial score (nSPS) is 25.8. The monoisotopic (exact) mass is 534 g/mol. The molecule has 1 heterocycles. The van der Waals surface area contributed by atoms with Crippen LogP contribution in [0.5, 0.6) is 0 Å². The number of aliphatic hydroxyl groups excluding tert-OH is 2. The van der Waals surface area contributed by atoms with Crippen LogP contribution >= 0.6 is 11.6 Å². The number of esters is 1. The first-order valence-corrected chi connectivity index (χ1v) is 13.8. The molecule has 3 rings (SSSR count). The molecule has 5 atom stereocenters. The van der Waals surface area contributed by atoms with Gasteiger partial charge < -0.3 is 24.4 Å². The van der Waals surface area contributed by atoms with Crippen molar-refractivity contribution in [2.45, 2.75) is 87.7 Å². The van der Waals surface area contributed by atoms with Gasteiger partial charge in [0.05, 0.1) is 35.4 Å². The fraction of sp³-hybridized carbons (Fsp3) is 0.625. The van der Waals surface area contributed by atoms with Gasteiger partial charge in [-0.2, -0.15) is 0 Å². The first kappa shape index (κ1) is 28.0. The van der Waals surface area contributed by atoms with E-state index in [9.17, 15) is 27.8 Å². The van der Waals surface area contributed by atoms with Gasteiger partial charge in [-0.25, -0.2) is 17.6 Å². The maximum absolute atomic E-state index is 13.4. The van der Waals surface area contributed by atoms with E-state index in [4.69, 9.17) is 25.8 Å². The number of benzene rings is 1. The van der Waals surface area contributed by atoms with Crippen molar-refractivity contribution in [3.05, 3.63) is 46.3 Å². The second-order valence-electron chi connectivity index (χ2n) is 8.82. The topological polar surface area (TPSA) is 119 Å². The van der Waals surface area contributed by atoms with Crippen molar-refractivity contribution in [2.75, 3.05) is 6.61 Å². The molecule has 35 heavy (non-hydrogen) atoms. The standard InChI is InChI=1S/C24H32ClFO8S/c1-4-18(27)21-22(19(28)5-2)34-24(33-21)10-9-20(16(12-24)23(29)32-6-3)35(30,31)13-14-7-8-15(26)11-17(14)25/h7-8,11-12,18-22,27-28H,4-6,9-10,13H2,1-3H3/t18-,19-,20?,21-,22-/m1/s1. The van der Waals surface area contributed by atoms with E-state index in [0.29, 0.717) is 12.8 Å². The molecule has 1 unspecified atom stereocenters. The Morgan fingerprint density at radius 1 is 1.20 bits per heavy atom. The van der Waals surface area contributed by atoms with E-state index in [1.807, 2.05) is 0 Å². The smallest absolute Gasteiger partial charge is 0.335 e. The number of halogens is 2. The van der Waals surface area contributed by atoms with Gasteiger partial charge in [-0.1, -0.05) is 31.5 Å². The van der Waals surface area contributed by atoms with Gasteiger partial charge in [0.2, 0.25) is 0 Å². The maximum atomic E-state index is 13.4. The van der Waals surface area contributed by atoms with E-state index in [-0.39, 0.29) is 35.6 Å². The van der Waals surface area contributed by atoms with E-state index < -0.39 is 62.8 Å². The quantitative estimate of drug-likeness (QED) is 0.464. The van der Waals surface area contributed by atoms with Crippen molar-refractivity contribution in [1.29, 1.82) is 0 Å². The van der Waals surface area contributed by atoms with Crippen LogP contribution in [0.2, 0.25) is 5.02 Å². The average molecular weight is 535 g/mol. The third-order valence-corrected chi connectivity index (χ3v) is 8.81. The van der Waals surface area contributed by atoms with E-state index >= 15 is 0 Å². The fourth-order valence-corrected chi connectivity index (χ4v) is 6.72. The Hall–Kier alpha value is -1.56. The van der Waals surface area contributed by atoms with Gasteiger partial charge in [-0.15, -0.1) is 0 Å². The maximum Gasteiger partial charge on any atom is 0.335 e. The van der Waals surface area contributed by atoms with Gasteiger partial charge >= 0.3 is 5.97 Å². The molecule has 8 nitrogen and oxygen atoms in total. The lowest BCUT2D eigenvalue weighted by molar-refractivity contribution is -0.162. The number of sulfone groups is 1. The van der Waals surface area contributed by atoms with Crippen molar-refractivity contribution < 1.29 is 42.0 Å². The van der Waals surface area contributed by atoms with Crippen molar-refractivity contribution in [3.63, 3.8) is 0 Å². The Morgan fingerprint density at radius 2 is 1.80 bits per heavy atom. The molecule has 0 bridgehead atoms. The number of rotatable bonds is 9. The molecular weight excluding hydrogens is 503 g/mol. The molecule has 1 saturated heterocycles. The molecule has 0 amide bonds. The zero-order chi connectivity index (χ0) is 26.0. The first-order chi connectivity index (χ1) is 16.5. The van der Waals surface area contributed by atoms with Gasteiger partial charge in [0.25, 0.3) is 0 Å². The van der Waals surface area contributed by atoms with Crippen LogP contribution in [-0.2, 0) is 34.6 Å². The summed E-state index contributed by atoms with van der Waals surface area (Å²) in [7, 11) is -3.99. The van der Waals surface area contributed by atoms with Crippen LogP contribution in [0.1, 0.15) is 52.0 Å². The minimum atomic E-state index is -3.99. The summed E-state index contributed by atoms with van der Waals surface area (Å²) in [6.45, 7) is 5.15. The zero-order valence-corrected chi connectivity index (χ0v) is 21.5. The summed E-state index contributed by atoms with van der Waals surface area (Å²) in [5.41, 5.74) is 0.0647. The number of carbonyl (C=O) groups excluding carboxylic acids is 1. The molecule has 11 heteroatoms. The summed E-state index contributed by atoms with van der Waals surface area (Å²) in [5.74, 6) is -3.42. The summed E-state index contributed by atoms with van der Waals surface area (Å²) in [4.78, 5) is 12.9. The summed E-state index contributed by atoms with van der Waals surface area (Å²) in [6, 6.07) is 3.44. The molecule has 1 aromatic carbocycles. The number of aliphatic hydroxyl groups is 2. The van der Waals surface area contributed by atoms with Crippen molar-refractivity contribution >= 4 is 27.4 Å². The molecule has 0 aromatic heterocycles. The first-order valence-electron chi connectivity index (χ1n) is 11.7.